The van der Waals surface area contributed by atoms with Crippen molar-refractivity contribution >= 4 is 11.9 Å². The Morgan fingerprint density at radius 2 is 1.95 bits per heavy atom. The summed E-state index contributed by atoms with van der Waals surface area (Å²) >= 11 is 0. The zero-order valence-corrected chi connectivity index (χ0v) is 12.5. The maximum absolute atomic E-state index is 11.1. The monoisotopic (exact) mass is 306 g/mol. The van der Waals surface area contributed by atoms with Crippen molar-refractivity contribution in [3.05, 3.63) is 29.8 Å². The first kappa shape index (κ1) is 16.3. The van der Waals surface area contributed by atoms with Crippen LogP contribution in [-0.4, -0.2) is 38.1 Å². The first-order valence-electron chi connectivity index (χ1n) is 7.64. The van der Waals surface area contributed by atoms with Crippen molar-refractivity contribution in [2.45, 2.75) is 19.3 Å². The van der Waals surface area contributed by atoms with Crippen molar-refractivity contribution in [2.24, 2.45) is 11.7 Å². The van der Waals surface area contributed by atoms with E-state index in [1.165, 1.54) is 11.0 Å². The first-order valence-corrected chi connectivity index (χ1v) is 7.64. The Morgan fingerprint density at radius 1 is 1.27 bits per heavy atom. The van der Waals surface area contributed by atoms with Gasteiger partial charge in [-0.3, -0.25) is 4.79 Å². The number of likely N-dealkylation sites (tertiary alicyclic amines) is 1. The fourth-order valence-electron chi connectivity index (χ4n) is 2.83. The Balaban J connectivity index is 1.70. The van der Waals surface area contributed by atoms with Gasteiger partial charge in [0.05, 0.1) is 32.2 Å². The molecule has 2 rings (SSSR count). The number of benzene rings is 1. The molecule has 22 heavy (non-hydrogen) atoms. The zero-order valence-electron chi connectivity index (χ0n) is 12.5. The molecule has 0 radical (unpaired) electrons. The maximum atomic E-state index is 11.1. The third kappa shape index (κ3) is 4.46. The van der Waals surface area contributed by atoms with Gasteiger partial charge in [-0.15, -0.1) is 0 Å². The summed E-state index contributed by atoms with van der Waals surface area (Å²) < 4.78 is 5.54. The number of quaternary nitrogens is 1. The van der Waals surface area contributed by atoms with Crippen LogP contribution in [0.3, 0.4) is 0 Å². The van der Waals surface area contributed by atoms with Crippen LogP contribution in [-0.2, 0) is 4.79 Å². The number of piperidine rings is 1. The summed E-state index contributed by atoms with van der Waals surface area (Å²) in [6.45, 7) is 3.30. The van der Waals surface area contributed by atoms with Crippen LogP contribution in [0.2, 0.25) is 0 Å². The van der Waals surface area contributed by atoms with Crippen molar-refractivity contribution in [2.75, 3.05) is 26.2 Å². The second-order valence-electron chi connectivity index (χ2n) is 5.66. The molecule has 6 heteroatoms. The summed E-state index contributed by atoms with van der Waals surface area (Å²) in [5, 5.41) is 11.0. The van der Waals surface area contributed by atoms with Crippen LogP contribution in [0.1, 0.15) is 29.6 Å². The molecular weight excluding hydrogens is 284 g/mol. The quantitative estimate of drug-likeness (QED) is 0.605. The zero-order chi connectivity index (χ0) is 15.9. The number of nitrogens with one attached hydrogen (secondary N) is 1. The summed E-state index contributed by atoms with van der Waals surface area (Å²) in [5.41, 5.74) is 5.40. The lowest BCUT2D eigenvalue weighted by Gasteiger charge is -2.27. The molecule has 3 N–H and O–H groups in total. The highest BCUT2D eigenvalue weighted by Crippen LogP contribution is 2.17. The lowest BCUT2D eigenvalue weighted by atomic mass is 9.96. The fraction of sp³-hybridized carbons (Fsp3) is 0.500. The van der Waals surface area contributed by atoms with E-state index >= 15 is 0 Å². The van der Waals surface area contributed by atoms with Gasteiger partial charge in [0.2, 0.25) is 5.91 Å². The predicted molar refractivity (Wildman–Crippen MR) is 78.4 cm³/mol. The van der Waals surface area contributed by atoms with Crippen LogP contribution in [0.5, 0.6) is 5.75 Å². The highest BCUT2D eigenvalue weighted by atomic mass is 16.5. The number of carbonyl (C=O) groups excluding carboxylic acids is 2. The highest BCUT2D eigenvalue weighted by molar-refractivity contribution is 5.89. The average molecular weight is 306 g/mol. The van der Waals surface area contributed by atoms with E-state index in [9.17, 15) is 14.7 Å². The van der Waals surface area contributed by atoms with E-state index in [0.29, 0.717) is 12.4 Å². The smallest absolute Gasteiger partial charge is 0.220 e. The molecule has 6 nitrogen and oxygen atoms in total. The fourth-order valence-corrected chi connectivity index (χ4v) is 2.83. The molecule has 0 unspecified atom stereocenters. The van der Waals surface area contributed by atoms with Crippen LogP contribution < -0.4 is 20.5 Å². The minimum atomic E-state index is -1.23. The number of amides is 1. The molecule has 1 amide bonds. The Bertz CT molecular complexity index is 525. The van der Waals surface area contributed by atoms with Gasteiger partial charge in [0.25, 0.3) is 0 Å². The first-order chi connectivity index (χ1) is 10.6. The van der Waals surface area contributed by atoms with E-state index < -0.39 is 5.97 Å². The number of para-hydroxylation sites is 1. The number of ether oxygens (including phenoxy) is 1. The highest BCUT2D eigenvalue weighted by Gasteiger charge is 2.25. The number of rotatable bonds is 7. The third-order valence-electron chi connectivity index (χ3n) is 4.13. The van der Waals surface area contributed by atoms with Gasteiger partial charge in [0.1, 0.15) is 5.75 Å². The number of hydrogen-bond acceptors (Lipinski definition) is 4. The average Bonchev–Trinajstić information content (AvgIpc) is 2.52. The van der Waals surface area contributed by atoms with Gasteiger partial charge >= 0.3 is 0 Å². The molecular formula is C16H22N2O4. The number of aromatic carboxylic acids is 1. The number of carbonyl (C=O) groups is 2. The van der Waals surface area contributed by atoms with Crippen LogP contribution in [0, 0.1) is 5.92 Å². The Kier molecular flexibility index (Phi) is 5.77. The largest absolute Gasteiger partial charge is 0.545 e. The van der Waals surface area contributed by atoms with Crippen LogP contribution in [0.25, 0.3) is 0 Å². The van der Waals surface area contributed by atoms with Crippen molar-refractivity contribution in [3.63, 3.8) is 0 Å². The summed E-state index contributed by atoms with van der Waals surface area (Å²) in [7, 11) is 0. The van der Waals surface area contributed by atoms with E-state index in [-0.39, 0.29) is 17.4 Å². The number of nitrogens with two attached hydrogens (primary N) is 1. The van der Waals surface area contributed by atoms with E-state index in [1.807, 2.05) is 0 Å². The van der Waals surface area contributed by atoms with Crippen LogP contribution >= 0.6 is 0 Å². The molecule has 1 fully saturated rings. The molecule has 1 heterocycles. The SMILES string of the molecule is NC(=O)C1CC[NH+](CCCOc2ccccc2C(=O)[O-])CC1. The number of carboxylic acid groups (broad SMARTS) is 1. The molecule has 1 aliphatic rings. The lowest BCUT2D eigenvalue weighted by molar-refractivity contribution is -0.906. The van der Waals surface area contributed by atoms with Crippen molar-refractivity contribution in [1.82, 2.24) is 0 Å². The summed E-state index contributed by atoms with van der Waals surface area (Å²) in [4.78, 5) is 23.5. The molecule has 1 saturated heterocycles. The molecule has 0 bridgehead atoms. The van der Waals surface area contributed by atoms with Gasteiger partial charge in [0, 0.05) is 30.7 Å². The standard InChI is InChI=1S/C16H22N2O4/c17-15(19)12-6-9-18(10-7-12)8-3-11-22-14-5-2-1-4-13(14)16(20)21/h1-2,4-5,12H,3,6-11H2,(H2,17,19)(H,20,21). The van der Waals surface area contributed by atoms with Gasteiger partial charge in [-0.2, -0.15) is 0 Å². The molecule has 0 spiro atoms. The Hall–Kier alpha value is -2.08. The van der Waals surface area contributed by atoms with Crippen molar-refractivity contribution in [1.29, 1.82) is 0 Å². The number of primary amides is 1. The number of hydrogen-bond donors (Lipinski definition) is 2. The topological polar surface area (TPSA) is 96.9 Å². The Morgan fingerprint density at radius 3 is 2.59 bits per heavy atom. The summed E-state index contributed by atoms with van der Waals surface area (Å²) in [6, 6.07) is 6.49. The van der Waals surface area contributed by atoms with Gasteiger partial charge in [-0.05, 0) is 12.1 Å². The van der Waals surface area contributed by atoms with E-state index in [1.54, 1.807) is 18.2 Å². The van der Waals surface area contributed by atoms with Crippen molar-refractivity contribution in [3.8, 4) is 5.75 Å². The minimum Gasteiger partial charge on any atom is -0.545 e. The maximum Gasteiger partial charge on any atom is 0.220 e. The van der Waals surface area contributed by atoms with E-state index in [2.05, 4.69) is 0 Å². The van der Waals surface area contributed by atoms with Crippen molar-refractivity contribution < 1.29 is 24.3 Å². The van der Waals surface area contributed by atoms with E-state index in [4.69, 9.17) is 10.5 Å². The van der Waals surface area contributed by atoms with Gasteiger partial charge in [-0.25, -0.2) is 0 Å². The number of carboxylic acids is 1. The van der Waals surface area contributed by atoms with Crippen LogP contribution in [0.15, 0.2) is 24.3 Å². The molecule has 120 valence electrons. The normalized spacial score (nSPS) is 21.3. The van der Waals surface area contributed by atoms with Gasteiger partial charge in [0.15, 0.2) is 0 Å². The molecule has 1 aliphatic heterocycles. The predicted octanol–water partition coefficient (Wildman–Crippen LogP) is -1.40. The summed E-state index contributed by atoms with van der Waals surface area (Å²) in [6.07, 6.45) is 2.52. The molecule has 0 aliphatic carbocycles. The minimum absolute atomic E-state index is 0.0231. The third-order valence-corrected chi connectivity index (χ3v) is 4.13. The summed E-state index contributed by atoms with van der Waals surface area (Å²) in [5.74, 6) is -1.05. The molecule has 1 aromatic carbocycles. The molecule has 1 aromatic rings. The molecule has 0 saturated carbocycles. The molecule has 0 aromatic heterocycles. The molecule has 0 atom stereocenters. The second kappa shape index (κ2) is 7.79. The lowest BCUT2D eigenvalue weighted by Crippen LogP contribution is -3.13. The van der Waals surface area contributed by atoms with E-state index in [0.717, 1.165) is 38.9 Å². The van der Waals surface area contributed by atoms with Gasteiger partial charge in [-0.1, -0.05) is 12.1 Å². The van der Waals surface area contributed by atoms with Crippen LogP contribution in [0.4, 0.5) is 0 Å². The second-order valence-corrected chi connectivity index (χ2v) is 5.66. The Labute approximate surface area is 129 Å². The van der Waals surface area contributed by atoms with Gasteiger partial charge < -0.3 is 25.3 Å².